The predicted octanol–water partition coefficient (Wildman–Crippen LogP) is 5.35. The number of fused-ring (bicyclic) bond motifs is 1. The summed E-state index contributed by atoms with van der Waals surface area (Å²) >= 11 is 3.45. The maximum absolute atomic E-state index is 10.1. The predicted molar refractivity (Wildman–Crippen MR) is 139 cm³/mol. The highest BCUT2D eigenvalue weighted by molar-refractivity contribution is 9.10. The van der Waals surface area contributed by atoms with Gasteiger partial charge in [0.2, 0.25) is 5.95 Å². The Kier molecular flexibility index (Phi) is 7.64. The van der Waals surface area contributed by atoms with Crippen LogP contribution in [-0.2, 0) is 7.05 Å². The Morgan fingerprint density at radius 1 is 1.09 bits per heavy atom. The van der Waals surface area contributed by atoms with Gasteiger partial charge in [-0.2, -0.15) is 5.10 Å². The summed E-state index contributed by atoms with van der Waals surface area (Å²) in [5.41, 5.74) is 3.12. The molecule has 8 nitrogen and oxygen atoms in total. The number of hydrogen-bond acceptors (Lipinski definition) is 7. The van der Waals surface area contributed by atoms with Gasteiger partial charge in [-0.05, 0) is 62.3 Å². The maximum atomic E-state index is 10.1. The number of benzene rings is 2. The van der Waals surface area contributed by atoms with E-state index in [2.05, 4.69) is 48.1 Å². The molecule has 1 saturated heterocycles. The minimum absolute atomic E-state index is 0.140. The van der Waals surface area contributed by atoms with Crippen LogP contribution in [0.1, 0.15) is 19.8 Å². The summed E-state index contributed by atoms with van der Waals surface area (Å²) in [7, 11) is 3.45. The molecule has 5 rings (SSSR count). The lowest BCUT2D eigenvalue weighted by molar-refractivity contribution is 0.359. The minimum atomic E-state index is 0.140. The van der Waals surface area contributed by atoms with Gasteiger partial charge in [0, 0.05) is 46.6 Å². The topological polar surface area (TPSA) is 88.3 Å². The Balaban J connectivity index is 0.000000336. The first kappa shape index (κ1) is 24.0. The van der Waals surface area contributed by atoms with Crippen molar-refractivity contribution in [1.29, 1.82) is 0 Å². The molecular formula is C25H29BrN6O2. The molecule has 3 heterocycles. The van der Waals surface area contributed by atoms with Gasteiger partial charge in [0.15, 0.2) is 0 Å². The van der Waals surface area contributed by atoms with Crippen molar-refractivity contribution in [3.05, 3.63) is 53.4 Å². The number of aryl methyl sites for hydroxylation is 1. The van der Waals surface area contributed by atoms with Crippen molar-refractivity contribution in [2.24, 2.45) is 7.05 Å². The molecule has 0 atom stereocenters. The molecule has 0 bridgehead atoms. The minimum Gasteiger partial charge on any atom is -0.508 e. The second kappa shape index (κ2) is 10.8. The molecule has 1 aliphatic rings. The van der Waals surface area contributed by atoms with Gasteiger partial charge in [-0.1, -0.05) is 22.9 Å². The van der Waals surface area contributed by atoms with Gasteiger partial charge in [0.05, 0.1) is 13.3 Å². The largest absolute Gasteiger partial charge is 0.508 e. The van der Waals surface area contributed by atoms with Crippen molar-refractivity contribution in [1.82, 2.24) is 24.6 Å². The number of rotatable bonds is 5. The van der Waals surface area contributed by atoms with Crippen LogP contribution in [0.5, 0.6) is 11.5 Å². The van der Waals surface area contributed by atoms with Crippen molar-refractivity contribution in [3.8, 4) is 22.6 Å². The van der Waals surface area contributed by atoms with Crippen LogP contribution in [0.15, 0.2) is 53.4 Å². The van der Waals surface area contributed by atoms with Crippen molar-refractivity contribution < 1.29 is 9.84 Å². The Morgan fingerprint density at radius 2 is 1.88 bits per heavy atom. The van der Waals surface area contributed by atoms with E-state index in [0.717, 1.165) is 21.0 Å². The van der Waals surface area contributed by atoms with Crippen LogP contribution in [0.25, 0.3) is 22.0 Å². The number of aromatic hydroxyl groups is 1. The molecule has 34 heavy (non-hydrogen) atoms. The quantitative estimate of drug-likeness (QED) is 0.363. The maximum Gasteiger partial charge on any atom is 0.227 e. The molecule has 2 N–H and O–H groups in total. The first-order valence-corrected chi connectivity index (χ1v) is 12.1. The molecule has 0 saturated carbocycles. The molecule has 1 aliphatic heterocycles. The Labute approximate surface area is 207 Å². The van der Waals surface area contributed by atoms with Gasteiger partial charge < -0.3 is 20.1 Å². The summed E-state index contributed by atoms with van der Waals surface area (Å²) in [6, 6.07) is 8.99. The van der Waals surface area contributed by atoms with E-state index in [-0.39, 0.29) is 5.75 Å². The molecule has 4 aromatic rings. The standard InChI is InChI=1S/C19H16BrN5O2.C6H13N/c1-25-10-13(9-22-25)11-4-15(7-16(26)5-11)23-19-21-8-12-3-14(20)6-17(27-2)18(12)24-19;1-2-7-5-3-4-6-7/h3-10,26H,1-2H3,(H,21,23,24);2-6H2,1H3. The van der Waals surface area contributed by atoms with Gasteiger partial charge in [-0.25, -0.2) is 9.97 Å². The van der Waals surface area contributed by atoms with Crippen LogP contribution in [-0.4, -0.2) is 56.5 Å². The second-order valence-corrected chi connectivity index (χ2v) is 9.09. The Morgan fingerprint density at radius 3 is 2.53 bits per heavy atom. The van der Waals surface area contributed by atoms with E-state index in [4.69, 9.17) is 4.74 Å². The molecule has 9 heteroatoms. The lowest BCUT2D eigenvalue weighted by atomic mass is 10.1. The molecule has 0 unspecified atom stereocenters. The van der Waals surface area contributed by atoms with E-state index in [1.165, 1.54) is 32.5 Å². The summed E-state index contributed by atoms with van der Waals surface area (Å²) in [6.45, 7) is 6.16. The highest BCUT2D eigenvalue weighted by atomic mass is 79.9. The first-order valence-electron chi connectivity index (χ1n) is 11.3. The average Bonchev–Trinajstić information content (AvgIpc) is 3.50. The van der Waals surface area contributed by atoms with Crippen LogP contribution in [0.2, 0.25) is 0 Å². The van der Waals surface area contributed by atoms with Gasteiger partial charge in [-0.15, -0.1) is 0 Å². The van der Waals surface area contributed by atoms with Crippen LogP contribution in [0.4, 0.5) is 11.6 Å². The monoisotopic (exact) mass is 524 g/mol. The molecule has 2 aromatic carbocycles. The highest BCUT2D eigenvalue weighted by Gasteiger charge is 2.10. The Hall–Kier alpha value is -3.17. The van der Waals surface area contributed by atoms with Crippen LogP contribution in [0.3, 0.4) is 0 Å². The van der Waals surface area contributed by atoms with Gasteiger partial charge in [0.1, 0.15) is 17.0 Å². The number of phenols is 1. The summed E-state index contributed by atoms with van der Waals surface area (Å²) < 4.78 is 8.02. The number of halogens is 1. The number of ether oxygens (including phenoxy) is 1. The zero-order valence-electron chi connectivity index (χ0n) is 19.6. The summed E-state index contributed by atoms with van der Waals surface area (Å²) in [4.78, 5) is 11.4. The van der Waals surface area contributed by atoms with Gasteiger partial charge in [-0.3, -0.25) is 4.68 Å². The highest BCUT2D eigenvalue weighted by Crippen LogP contribution is 2.31. The lowest BCUT2D eigenvalue weighted by Gasteiger charge is -2.10. The third kappa shape index (κ3) is 5.84. The van der Waals surface area contributed by atoms with Gasteiger partial charge >= 0.3 is 0 Å². The number of anilines is 2. The summed E-state index contributed by atoms with van der Waals surface area (Å²) in [5.74, 6) is 1.20. The van der Waals surface area contributed by atoms with E-state index >= 15 is 0 Å². The number of likely N-dealkylation sites (tertiary alicyclic amines) is 1. The fourth-order valence-corrected chi connectivity index (χ4v) is 4.40. The lowest BCUT2D eigenvalue weighted by Crippen LogP contribution is -2.17. The molecule has 2 aromatic heterocycles. The molecule has 1 fully saturated rings. The number of nitrogens with zero attached hydrogens (tertiary/aromatic N) is 5. The van der Waals surface area contributed by atoms with Crippen LogP contribution < -0.4 is 10.1 Å². The van der Waals surface area contributed by atoms with Gasteiger partial charge in [0.25, 0.3) is 0 Å². The van der Waals surface area contributed by atoms with Crippen molar-refractivity contribution >= 4 is 38.5 Å². The Bertz CT molecular complexity index is 1270. The third-order valence-electron chi connectivity index (χ3n) is 5.69. The number of methoxy groups -OCH3 is 1. The molecule has 0 amide bonds. The summed E-state index contributed by atoms with van der Waals surface area (Å²) in [5, 5.41) is 18.3. The molecule has 0 aliphatic carbocycles. The average molecular weight is 525 g/mol. The van der Waals surface area contributed by atoms with Crippen LogP contribution >= 0.6 is 15.9 Å². The zero-order valence-corrected chi connectivity index (χ0v) is 21.2. The SMILES string of the molecule is CCN1CCCC1.COc1cc(Br)cc2cnc(Nc3cc(O)cc(-c4cnn(C)c4)c3)nc12. The number of phenolic OH excluding ortho intramolecular Hbond substituents is 1. The van der Waals surface area contributed by atoms with Crippen molar-refractivity contribution in [2.75, 3.05) is 32.1 Å². The second-order valence-electron chi connectivity index (χ2n) is 8.18. The molecular weight excluding hydrogens is 496 g/mol. The molecule has 178 valence electrons. The van der Waals surface area contributed by atoms with E-state index < -0.39 is 0 Å². The van der Waals surface area contributed by atoms with Crippen molar-refractivity contribution in [2.45, 2.75) is 19.8 Å². The zero-order chi connectivity index (χ0) is 24.1. The summed E-state index contributed by atoms with van der Waals surface area (Å²) in [6.07, 6.45) is 8.20. The van der Waals surface area contributed by atoms with E-state index in [9.17, 15) is 5.11 Å². The number of nitrogens with one attached hydrogen (secondary N) is 1. The number of aromatic nitrogens is 4. The molecule has 0 radical (unpaired) electrons. The fraction of sp³-hybridized carbons (Fsp3) is 0.320. The van der Waals surface area contributed by atoms with E-state index in [0.29, 0.717) is 22.9 Å². The first-order chi connectivity index (χ1) is 16.4. The van der Waals surface area contributed by atoms with Crippen LogP contribution in [0, 0.1) is 0 Å². The molecule has 0 spiro atoms. The fourth-order valence-electron chi connectivity index (χ4n) is 3.94. The smallest absolute Gasteiger partial charge is 0.227 e. The van der Waals surface area contributed by atoms with Crippen molar-refractivity contribution in [3.63, 3.8) is 0 Å². The normalized spacial score (nSPS) is 13.5. The van der Waals surface area contributed by atoms with E-state index in [1.807, 2.05) is 31.4 Å². The van der Waals surface area contributed by atoms with E-state index in [1.54, 1.807) is 36.3 Å². The number of hydrogen-bond donors (Lipinski definition) is 2. The third-order valence-corrected chi connectivity index (χ3v) is 6.15.